The Morgan fingerprint density at radius 3 is 2.41 bits per heavy atom. The fraction of sp³-hybridized carbons (Fsp3) is 0.368. The van der Waals surface area contributed by atoms with Gasteiger partial charge in [-0.1, -0.05) is 60.7 Å². The third-order valence-electron chi connectivity index (χ3n) is 4.35. The predicted molar refractivity (Wildman–Crippen MR) is 89.7 cm³/mol. The van der Waals surface area contributed by atoms with Crippen molar-refractivity contribution in [3.05, 3.63) is 71.8 Å². The summed E-state index contributed by atoms with van der Waals surface area (Å²) in [6, 6.07) is 21.3. The molecule has 0 aliphatic carbocycles. The second-order valence-corrected chi connectivity index (χ2v) is 5.99. The average molecular weight is 296 g/mol. The molecule has 1 fully saturated rings. The summed E-state index contributed by atoms with van der Waals surface area (Å²) in [6.07, 6.45) is 1.46. The van der Waals surface area contributed by atoms with Gasteiger partial charge in [0.05, 0.1) is 6.10 Å². The van der Waals surface area contributed by atoms with E-state index in [1.807, 2.05) is 12.1 Å². The van der Waals surface area contributed by atoms with Crippen LogP contribution in [0.1, 0.15) is 23.6 Å². The monoisotopic (exact) mass is 296 g/mol. The molecule has 1 aliphatic heterocycles. The van der Waals surface area contributed by atoms with E-state index in [9.17, 15) is 5.11 Å². The molecule has 3 heteroatoms. The minimum Gasteiger partial charge on any atom is -0.391 e. The maximum atomic E-state index is 10.2. The predicted octanol–water partition coefficient (Wildman–Crippen LogP) is 2.28. The second kappa shape index (κ2) is 7.54. The molecule has 0 aromatic heterocycles. The lowest BCUT2D eigenvalue weighted by atomic mass is 9.95. The van der Waals surface area contributed by atoms with Crippen LogP contribution in [0.15, 0.2) is 60.7 Å². The van der Waals surface area contributed by atoms with E-state index in [-0.39, 0.29) is 18.2 Å². The molecular formula is C19H24N2O. The molecule has 0 spiro atoms. The molecule has 3 nitrogen and oxygen atoms in total. The van der Waals surface area contributed by atoms with E-state index in [0.29, 0.717) is 0 Å². The van der Waals surface area contributed by atoms with E-state index >= 15 is 0 Å². The summed E-state index contributed by atoms with van der Waals surface area (Å²) in [5, 5.41) is 17.2. The molecule has 0 saturated carbocycles. The van der Waals surface area contributed by atoms with Crippen LogP contribution < -0.4 is 10.6 Å². The first-order valence-corrected chi connectivity index (χ1v) is 8.06. The highest BCUT2D eigenvalue weighted by Gasteiger charge is 2.25. The van der Waals surface area contributed by atoms with Crippen molar-refractivity contribution in [1.29, 1.82) is 0 Å². The highest BCUT2D eigenvalue weighted by molar-refractivity contribution is 5.24. The Balaban J connectivity index is 1.77. The minimum absolute atomic E-state index is 0.0997. The van der Waals surface area contributed by atoms with Crippen molar-refractivity contribution < 1.29 is 5.11 Å². The van der Waals surface area contributed by atoms with Gasteiger partial charge in [0.2, 0.25) is 0 Å². The van der Waals surface area contributed by atoms with Crippen molar-refractivity contribution in [1.82, 2.24) is 10.6 Å². The number of hydrogen-bond acceptors (Lipinski definition) is 3. The number of nitrogens with one attached hydrogen (secondary N) is 2. The Labute approximate surface area is 132 Å². The van der Waals surface area contributed by atoms with E-state index in [4.69, 9.17) is 0 Å². The molecule has 1 saturated heterocycles. The van der Waals surface area contributed by atoms with Crippen LogP contribution in [0.4, 0.5) is 0 Å². The normalized spacial score (nSPS) is 23.1. The van der Waals surface area contributed by atoms with Crippen LogP contribution in [0.2, 0.25) is 0 Å². The standard InChI is InChI=1S/C19H24N2O/c22-19-11-12-20-14-18(19)21-17(16-9-5-2-6-10-16)13-15-7-3-1-4-8-15/h1-10,17-22H,11-14H2. The molecule has 1 aliphatic rings. The Morgan fingerprint density at radius 1 is 1.05 bits per heavy atom. The molecule has 3 rings (SSSR count). The zero-order valence-electron chi connectivity index (χ0n) is 12.8. The summed E-state index contributed by atoms with van der Waals surface area (Å²) in [4.78, 5) is 0. The Morgan fingerprint density at radius 2 is 1.73 bits per heavy atom. The van der Waals surface area contributed by atoms with Crippen molar-refractivity contribution in [2.75, 3.05) is 13.1 Å². The maximum absolute atomic E-state index is 10.2. The zero-order valence-corrected chi connectivity index (χ0v) is 12.8. The molecule has 2 aromatic carbocycles. The van der Waals surface area contributed by atoms with Crippen LogP contribution in [-0.4, -0.2) is 30.3 Å². The minimum atomic E-state index is -0.275. The van der Waals surface area contributed by atoms with Crippen LogP contribution in [0.3, 0.4) is 0 Å². The van der Waals surface area contributed by atoms with Gasteiger partial charge in [0.25, 0.3) is 0 Å². The lowest BCUT2D eigenvalue weighted by molar-refractivity contribution is 0.0930. The summed E-state index contributed by atoms with van der Waals surface area (Å²) in [6.45, 7) is 1.72. The number of benzene rings is 2. The van der Waals surface area contributed by atoms with Gasteiger partial charge in [-0.05, 0) is 30.5 Å². The average Bonchev–Trinajstić information content (AvgIpc) is 2.58. The SMILES string of the molecule is OC1CCNCC1NC(Cc1ccccc1)c1ccccc1. The van der Waals surface area contributed by atoms with Crippen LogP contribution in [-0.2, 0) is 6.42 Å². The Kier molecular flexibility index (Phi) is 5.22. The van der Waals surface area contributed by atoms with Crippen molar-refractivity contribution in [3.63, 3.8) is 0 Å². The van der Waals surface area contributed by atoms with Crippen LogP contribution in [0.5, 0.6) is 0 Å². The van der Waals surface area contributed by atoms with Gasteiger partial charge >= 0.3 is 0 Å². The van der Waals surface area contributed by atoms with Gasteiger partial charge in [-0.2, -0.15) is 0 Å². The highest BCUT2D eigenvalue weighted by atomic mass is 16.3. The smallest absolute Gasteiger partial charge is 0.0717 e. The van der Waals surface area contributed by atoms with E-state index in [1.54, 1.807) is 0 Å². The fourth-order valence-corrected chi connectivity index (χ4v) is 3.08. The second-order valence-electron chi connectivity index (χ2n) is 5.99. The third kappa shape index (κ3) is 3.95. The van der Waals surface area contributed by atoms with Gasteiger partial charge in [0.1, 0.15) is 0 Å². The van der Waals surface area contributed by atoms with E-state index < -0.39 is 0 Å². The van der Waals surface area contributed by atoms with Crippen LogP contribution in [0.25, 0.3) is 0 Å². The van der Waals surface area contributed by atoms with Gasteiger partial charge in [-0.25, -0.2) is 0 Å². The van der Waals surface area contributed by atoms with Crippen molar-refractivity contribution in [2.24, 2.45) is 0 Å². The van der Waals surface area contributed by atoms with Gasteiger partial charge < -0.3 is 15.7 Å². The largest absolute Gasteiger partial charge is 0.391 e. The molecule has 0 amide bonds. The van der Waals surface area contributed by atoms with Crippen molar-refractivity contribution in [2.45, 2.75) is 31.0 Å². The Hall–Kier alpha value is -1.68. The molecule has 0 radical (unpaired) electrons. The number of hydrogen-bond donors (Lipinski definition) is 3. The quantitative estimate of drug-likeness (QED) is 0.793. The molecule has 2 aromatic rings. The molecule has 0 bridgehead atoms. The lowest BCUT2D eigenvalue weighted by Crippen LogP contribution is -2.53. The number of rotatable bonds is 5. The maximum Gasteiger partial charge on any atom is 0.0717 e. The summed E-state index contributed by atoms with van der Waals surface area (Å²) in [5.74, 6) is 0. The summed E-state index contributed by atoms with van der Waals surface area (Å²) >= 11 is 0. The first kappa shape index (κ1) is 15.2. The lowest BCUT2D eigenvalue weighted by Gasteiger charge is -2.33. The van der Waals surface area contributed by atoms with Gasteiger partial charge in [0, 0.05) is 18.6 Å². The summed E-state index contributed by atoms with van der Waals surface area (Å²) in [7, 11) is 0. The third-order valence-corrected chi connectivity index (χ3v) is 4.35. The summed E-state index contributed by atoms with van der Waals surface area (Å²) in [5.41, 5.74) is 2.58. The summed E-state index contributed by atoms with van der Waals surface area (Å²) < 4.78 is 0. The number of piperidine rings is 1. The van der Waals surface area contributed by atoms with Crippen LogP contribution >= 0.6 is 0 Å². The molecule has 3 N–H and O–H groups in total. The topological polar surface area (TPSA) is 44.3 Å². The first-order valence-electron chi connectivity index (χ1n) is 8.06. The van der Waals surface area contributed by atoms with E-state index in [2.05, 4.69) is 59.2 Å². The van der Waals surface area contributed by atoms with Gasteiger partial charge in [-0.3, -0.25) is 0 Å². The van der Waals surface area contributed by atoms with E-state index in [0.717, 1.165) is 25.9 Å². The molecule has 116 valence electrons. The zero-order chi connectivity index (χ0) is 15.2. The van der Waals surface area contributed by atoms with Gasteiger partial charge in [0.15, 0.2) is 0 Å². The fourth-order valence-electron chi connectivity index (χ4n) is 3.08. The number of aliphatic hydroxyl groups excluding tert-OH is 1. The Bertz CT molecular complexity index is 558. The van der Waals surface area contributed by atoms with Gasteiger partial charge in [-0.15, -0.1) is 0 Å². The molecule has 3 unspecified atom stereocenters. The van der Waals surface area contributed by atoms with Crippen molar-refractivity contribution in [3.8, 4) is 0 Å². The molecule has 1 heterocycles. The van der Waals surface area contributed by atoms with Crippen molar-refractivity contribution >= 4 is 0 Å². The molecular weight excluding hydrogens is 272 g/mol. The number of aliphatic hydroxyl groups is 1. The molecule has 22 heavy (non-hydrogen) atoms. The highest BCUT2D eigenvalue weighted by Crippen LogP contribution is 2.20. The first-order chi connectivity index (χ1) is 10.8. The molecule has 3 atom stereocenters. The van der Waals surface area contributed by atoms with E-state index in [1.165, 1.54) is 11.1 Å². The van der Waals surface area contributed by atoms with Crippen LogP contribution in [0, 0.1) is 0 Å².